The largest absolute Gasteiger partial charge is 0.493 e. The summed E-state index contributed by atoms with van der Waals surface area (Å²) in [5.74, 6) is 4.18. The molecule has 2 heterocycles. The van der Waals surface area contributed by atoms with Gasteiger partial charge in [0.05, 0.1) is 20.8 Å². The third-order valence-corrected chi connectivity index (χ3v) is 5.41. The van der Waals surface area contributed by atoms with Crippen LogP contribution in [-0.4, -0.2) is 41.3 Å². The summed E-state index contributed by atoms with van der Waals surface area (Å²) in [5, 5.41) is 10.3. The molecule has 0 aliphatic carbocycles. The zero-order valence-electron chi connectivity index (χ0n) is 16.4. The van der Waals surface area contributed by atoms with Crippen LogP contribution in [0.1, 0.15) is 0 Å². The maximum Gasteiger partial charge on any atom is 0.200 e. The number of furan rings is 1. The monoisotopic (exact) mass is 411 g/mol. The molecule has 2 aromatic heterocycles. The minimum Gasteiger partial charge on any atom is -0.493 e. The van der Waals surface area contributed by atoms with E-state index < -0.39 is 0 Å². The summed E-state index contributed by atoms with van der Waals surface area (Å²) in [6, 6.07) is 15.3. The van der Waals surface area contributed by atoms with E-state index in [1.165, 1.54) is 0 Å². The third-order valence-electron chi connectivity index (χ3n) is 4.42. The zero-order valence-corrected chi connectivity index (χ0v) is 17.2. The first-order valence-electron chi connectivity index (χ1n) is 9.06. The van der Waals surface area contributed by atoms with E-state index in [9.17, 15) is 0 Å². The fourth-order valence-corrected chi connectivity index (χ4v) is 3.71. The van der Waals surface area contributed by atoms with E-state index in [1.807, 2.05) is 60.1 Å². The molecule has 4 rings (SSSR count). The van der Waals surface area contributed by atoms with Crippen LogP contribution in [0.25, 0.3) is 22.6 Å². The smallest absolute Gasteiger partial charge is 0.200 e. The molecule has 0 unspecified atom stereocenters. The van der Waals surface area contributed by atoms with Crippen LogP contribution in [0, 0.1) is 0 Å². The second-order valence-electron chi connectivity index (χ2n) is 6.20. The van der Waals surface area contributed by atoms with Crippen molar-refractivity contribution >= 4 is 22.7 Å². The number of aromatic nitrogens is 3. The number of rotatable bonds is 8. The minimum absolute atomic E-state index is 0.523. The van der Waals surface area contributed by atoms with Crippen molar-refractivity contribution in [1.29, 1.82) is 0 Å². The molecule has 0 saturated carbocycles. The van der Waals surface area contributed by atoms with Crippen LogP contribution in [0.2, 0.25) is 0 Å². The summed E-state index contributed by atoms with van der Waals surface area (Å²) >= 11 is 1.57. The number of fused-ring (bicyclic) bond motifs is 1. The first kappa shape index (κ1) is 19.2. The lowest BCUT2D eigenvalue weighted by molar-refractivity contribution is 0.313. The molecule has 2 aromatic carbocycles. The highest BCUT2D eigenvalue weighted by Gasteiger charge is 2.17. The van der Waals surface area contributed by atoms with Crippen molar-refractivity contribution in [2.75, 3.05) is 26.6 Å². The van der Waals surface area contributed by atoms with Gasteiger partial charge >= 0.3 is 0 Å². The minimum atomic E-state index is 0.523. The number of thioether (sulfide) groups is 1. The lowest BCUT2D eigenvalue weighted by Gasteiger charge is -2.09. The number of hydrogen-bond acceptors (Lipinski definition) is 7. The summed E-state index contributed by atoms with van der Waals surface area (Å²) in [7, 11) is 5.18. The Morgan fingerprint density at radius 2 is 1.72 bits per heavy atom. The van der Waals surface area contributed by atoms with Crippen molar-refractivity contribution in [2.45, 2.75) is 5.16 Å². The van der Waals surface area contributed by atoms with E-state index in [0.717, 1.165) is 27.8 Å². The van der Waals surface area contributed by atoms with Crippen LogP contribution in [0.5, 0.6) is 17.2 Å². The van der Waals surface area contributed by atoms with Crippen molar-refractivity contribution in [3.63, 3.8) is 0 Å². The lowest BCUT2D eigenvalue weighted by Crippen LogP contribution is -2.03. The summed E-state index contributed by atoms with van der Waals surface area (Å²) in [6.45, 7) is 0.523. The van der Waals surface area contributed by atoms with Crippen LogP contribution in [0.4, 0.5) is 0 Å². The summed E-state index contributed by atoms with van der Waals surface area (Å²) < 4.78 is 24.4. The van der Waals surface area contributed by atoms with Gasteiger partial charge in [0.2, 0.25) is 0 Å². The average Bonchev–Trinajstić information content (AvgIpc) is 3.34. The second kappa shape index (κ2) is 8.48. The molecule has 0 atom stereocenters. The van der Waals surface area contributed by atoms with Crippen LogP contribution in [-0.2, 0) is 7.05 Å². The topological polar surface area (TPSA) is 71.5 Å². The van der Waals surface area contributed by atoms with Gasteiger partial charge in [0.1, 0.15) is 0 Å². The molecule has 0 spiro atoms. The van der Waals surface area contributed by atoms with Gasteiger partial charge in [-0.25, -0.2) is 0 Å². The van der Waals surface area contributed by atoms with E-state index >= 15 is 0 Å². The summed E-state index contributed by atoms with van der Waals surface area (Å²) in [4.78, 5) is 0. The molecular formula is C21H21N3O4S. The number of ether oxygens (including phenoxy) is 3. The number of hydrogen-bond donors (Lipinski definition) is 0. The normalized spacial score (nSPS) is 11.0. The first-order valence-corrected chi connectivity index (χ1v) is 10.0. The molecule has 29 heavy (non-hydrogen) atoms. The Labute approximate surface area is 172 Å². The SMILES string of the molecule is COc1ccccc1OCCSc1nnc(-c2cc3cccc(OC)c3o2)n1C. The van der Waals surface area contributed by atoms with E-state index in [-0.39, 0.29) is 0 Å². The predicted octanol–water partition coefficient (Wildman–Crippen LogP) is 4.42. The average molecular weight is 411 g/mol. The number of methoxy groups -OCH3 is 2. The molecule has 0 amide bonds. The molecule has 0 N–H and O–H groups in total. The van der Waals surface area contributed by atoms with Crippen LogP contribution < -0.4 is 14.2 Å². The van der Waals surface area contributed by atoms with Gasteiger partial charge in [-0.05, 0) is 24.3 Å². The van der Waals surface area contributed by atoms with Gasteiger partial charge in [-0.15, -0.1) is 10.2 Å². The Bertz CT molecular complexity index is 1120. The van der Waals surface area contributed by atoms with E-state index in [0.29, 0.717) is 29.5 Å². The second-order valence-corrected chi connectivity index (χ2v) is 7.26. The van der Waals surface area contributed by atoms with Gasteiger partial charge < -0.3 is 23.2 Å². The summed E-state index contributed by atoms with van der Waals surface area (Å²) in [6.07, 6.45) is 0. The molecule has 4 aromatic rings. The molecule has 7 nitrogen and oxygen atoms in total. The fourth-order valence-electron chi connectivity index (χ4n) is 2.99. The molecular weight excluding hydrogens is 390 g/mol. The molecule has 0 saturated heterocycles. The predicted molar refractivity (Wildman–Crippen MR) is 112 cm³/mol. The molecule has 0 bridgehead atoms. The zero-order chi connectivity index (χ0) is 20.2. The highest BCUT2D eigenvalue weighted by Crippen LogP contribution is 2.33. The number of nitrogens with zero attached hydrogens (tertiary/aromatic N) is 3. The third kappa shape index (κ3) is 3.88. The van der Waals surface area contributed by atoms with Gasteiger partial charge in [-0.3, -0.25) is 0 Å². The highest BCUT2D eigenvalue weighted by molar-refractivity contribution is 7.99. The Balaban J connectivity index is 1.44. The van der Waals surface area contributed by atoms with Crippen molar-refractivity contribution < 1.29 is 18.6 Å². The van der Waals surface area contributed by atoms with E-state index in [2.05, 4.69) is 10.2 Å². The van der Waals surface area contributed by atoms with Crippen molar-refractivity contribution in [3.05, 3.63) is 48.5 Å². The number of benzene rings is 2. The molecule has 0 fully saturated rings. The Kier molecular flexibility index (Phi) is 5.62. The standard InChI is InChI=1S/C21H21N3O4S/c1-24-20(18-13-14-7-6-10-17(26-3)19(14)28-18)22-23-21(24)29-12-11-27-16-9-5-4-8-15(16)25-2/h4-10,13H,11-12H2,1-3H3. The maximum atomic E-state index is 5.98. The van der Waals surface area contributed by atoms with E-state index in [4.69, 9.17) is 18.6 Å². The van der Waals surface area contributed by atoms with Crippen LogP contribution in [0.15, 0.2) is 58.1 Å². The Morgan fingerprint density at radius 3 is 2.52 bits per heavy atom. The summed E-state index contributed by atoms with van der Waals surface area (Å²) in [5.41, 5.74) is 0.701. The Morgan fingerprint density at radius 1 is 0.966 bits per heavy atom. The fraction of sp³-hybridized carbons (Fsp3) is 0.238. The van der Waals surface area contributed by atoms with Crippen molar-refractivity contribution in [1.82, 2.24) is 14.8 Å². The highest BCUT2D eigenvalue weighted by atomic mass is 32.2. The van der Waals surface area contributed by atoms with Gasteiger partial charge in [0, 0.05) is 18.2 Å². The molecule has 150 valence electrons. The van der Waals surface area contributed by atoms with Crippen molar-refractivity contribution in [3.8, 4) is 28.8 Å². The van der Waals surface area contributed by atoms with Crippen LogP contribution >= 0.6 is 11.8 Å². The van der Waals surface area contributed by atoms with Gasteiger partial charge in [-0.1, -0.05) is 36.0 Å². The van der Waals surface area contributed by atoms with Gasteiger partial charge in [0.15, 0.2) is 39.6 Å². The first-order chi connectivity index (χ1) is 14.2. The molecule has 0 aliphatic heterocycles. The lowest BCUT2D eigenvalue weighted by atomic mass is 10.2. The number of para-hydroxylation sites is 3. The van der Waals surface area contributed by atoms with Crippen molar-refractivity contribution in [2.24, 2.45) is 7.05 Å². The Hall–Kier alpha value is -3.13. The van der Waals surface area contributed by atoms with E-state index in [1.54, 1.807) is 26.0 Å². The van der Waals surface area contributed by atoms with Crippen LogP contribution in [0.3, 0.4) is 0 Å². The quantitative estimate of drug-likeness (QED) is 0.314. The molecule has 8 heteroatoms. The van der Waals surface area contributed by atoms with Gasteiger partial charge in [-0.2, -0.15) is 0 Å². The molecule has 0 radical (unpaired) electrons. The van der Waals surface area contributed by atoms with Gasteiger partial charge in [0.25, 0.3) is 0 Å². The maximum absolute atomic E-state index is 5.98. The molecule has 0 aliphatic rings.